The van der Waals surface area contributed by atoms with Crippen molar-refractivity contribution in [2.75, 3.05) is 38.0 Å². The molecule has 0 aliphatic heterocycles. The van der Waals surface area contributed by atoms with Crippen LogP contribution < -0.4 is 16.2 Å². The molecule has 222 valence electrons. The Hall–Kier alpha value is -4.18. The summed E-state index contributed by atoms with van der Waals surface area (Å²) in [6.45, 7) is 14.0. The summed E-state index contributed by atoms with van der Waals surface area (Å²) in [6, 6.07) is 11.6. The van der Waals surface area contributed by atoms with E-state index in [4.69, 9.17) is 4.98 Å². The zero-order valence-electron chi connectivity index (χ0n) is 24.8. The van der Waals surface area contributed by atoms with Crippen molar-refractivity contribution in [1.82, 2.24) is 24.8 Å². The van der Waals surface area contributed by atoms with Crippen LogP contribution in [0, 0.1) is 24.5 Å². The van der Waals surface area contributed by atoms with Crippen molar-refractivity contribution in [2.24, 2.45) is 5.92 Å². The largest absolute Gasteiger partial charge is 0.354 e. The predicted octanol–water partition coefficient (Wildman–Crippen LogP) is 5.56. The third kappa shape index (κ3) is 6.82. The van der Waals surface area contributed by atoms with E-state index in [2.05, 4.69) is 34.4 Å². The highest BCUT2D eigenvalue weighted by Gasteiger charge is 2.21. The number of hydrogen-bond donors (Lipinski definition) is 2. The highest BCUT2D eigenvalue weighted by Crippen LogP contribution is 2.31. The van der Waals surface area contributed by atoms with E-state index < -0.39 is 22.9 Å². The molecule has 10 heteroatoms. The first-order valence-corrected chi connectivity index (χ1v) is 14.4. The smallest absolute Gasteiger partial charge is 0.256 e. The Bertz CT molecular complexity index is 1610. The van der Waals surface area contributed by atoms with Crippen molar-refractivity contribution in [3.8, 4) is 16.9 Å². The number of para-hydroxylation sites is 1. The minimum Gasteiger partial charge on any atom is -0.354 e. The normalized spacial score (nSPS) is 11.5. The van der Waals surface area contributed by atoms with Gasteiger partial charge in [-0.2, -0.15) is 4.98 Å². The summed E-state index contributed by atoms with van der Waals surface area (Å²) in [6.07, 6.45) is 0.812. The van der Waals surface area contributed by atoms with Gasteiger partial charge in [-0.1, -0.05) is 39.8 Å². The Morgan fingerprint density at radius 3 is 2.40 bits per heavy atom. The van der Waals surface area contributed by atoms with Crippen molar-refractivity contribution >= 4 is 22.9 Å². The van der Waals surface area contributed by atoms with Crippen molar-refractivity contribution in [2.45, 2.75) is 41.0 Å². The van der Waals surface area contributed by atoms with E-state index >= 15 is 0 Å². The fourth-order valence-electron chi connectivity index (χ4n) is 4.78. The second kappa shape index (κ2) is 13.7. The number of benzene rings is 2. The average Bonchev–Trinajstić information content (AvgIpc) is 2.96. The van der Waals surface area contributed by atoms with Crippen LogP contribution in [0.4, 0.5) is 14.7 Å². The second-order valence-corrected chi connectivity index (χ2v) is 10.7. The van der Waals surface area contributed by atoms with Gasteiger partial charge in [0, 0.05) is 35.7 Å². The zero-order valence-corrected chi connectivity index (χ0v) is 24.8. The molecule has 8 nitrogen and oxygen atoms in total. The van der Waals surface area contributed by atoms with E-state index in [1.54, 1.807) is 18.2 Å². The fourth-order valence-corrected chi connectivity index (χ4v) is 4.78. The molecule has 2 aromatic carbocycles. The van der Waals surface area contributed by atoms with Crippen LogP contribution in [0.5, 0.6) is 0 Å². The number of rotatable bonds is 12. The molecular formula is C32H38F2N6O2. The minimum atomic E-state index is -0.890. The lowest BCUT2D eigenvalue weighted by Gasteiger charge is -2.18. The van der Waals surface area contributed by atoms with E-state index in [1.807, 2.05) is 26.8 Å². The minimum absolute atomic E-state index is 0.0526. The van der Waals surface area contributed by atoms with Crippen molar-refractivity contribution in [3.05, 3.63) is 81.6 Å². The summed E-state index contributed by atoms with van der Waals surface area (Å²) in [4.78, 5) is 37.7. The van der Waals surface area contributed by atoms with E-state index in [-0.39, 0.29) is 23.4 Å². The fraction of sp³-hybridized carbons (Fsp3) is 0.375. The molecule has 0 bridgehead atoms. The summed E-state index contributed by atoms with van der Waals surface area (Å²) < 4.78 is 30.9. The van der Waals surface area contributed by atoms with E-state index in [0.717, 1.165) is 48.3 Å². The second-order valence-electron chi connectivity index (χ2n) is 10.7. The molecule has 0 fully saturated rings. The van der Waals surface area contributed by atoms with Crippen LogP contribution in [0.3, 0.4) is 0 Å². The number of anilines is 1. The Morgan fingerprint density at radius 2 is 1.74 bits per heavy atom. The molecule has 2 aromatic heterocycles. The van der Waals surface area contributed by atoms with Gasteiger partial charge in [0.05, 0.1) is 5.69 Å². The first-order chi connectivity index (χ1) is 20.1. The average molecular weight is 577 g/mol. The number of hydrogen-bond acceptors (Lipinski definition) is 6. The van der Waals surface area contributed by atoms with Crippen LogP contribution in [0.2, 0.25) is 0 Å². The first-order valence-electron chi connectivity index (χ1n) is 14.4. The van der Waals surface area contributed by atoms with E-state index in [9.17, 15) is 18.4 Å². The molecule has 4 aromatic rings. The molecular weight excluding hydrogens is 538 g/mol. The molecule has 0 atom stereocenters. The Kier molecular flexibility index (Phi) is 10.0. The Labute approximate surface area is 244 Å². The number of carbonyl (C=O) groups excluding carboxylic acids is 1. The van der Waals surface area contributed by atoms with Gasteiger partial charge in [-0.25, -0.2) is 13.8 Å². The molecule has 0 unspecified atom stereocenters. The number of nitrogens with zero attached hydrogens (tertiary/aromatic N) is 4. The molecule has 0 spiro atoms. The Balaban J connectivity index is 1.89. The highest BCUT2D eigenvalue weighted by atomic mass is 19.1. The maximum Gasteiger partial charge on any atom is 0.256 e. The summed E-state index contributed by atoms with van der Waals surface area (Å²) in [5.41, 5.74) is 1.27. The molecule has 1 amide bonds. The first kappa shape index (κ1) is 30.8. The third-order valence-corrected chi connectivity index (χ3v) is 7.17. The maximum absolute atomic E-state index is 15.0. The number of carbonyl (C=O) groups is 1. The van der Waals surface area contributed by atoms with Crippen molar-refractivity contribution in [3.63, 3.8) is 0 Å². The highest BCUT2D eigenvalue weighted by molar-refractivity contribution is 5.98. The van der Waals surface area contributed by atoms with Crippen LogP contribution in [0.1, 0.15) is 50.0 Å². The molecule has 0 radical (unpaired) electrons. The number of fused-ring (bicyclic) bond motifs is 1. The summed E-state index contributed by atoms with van der Waals surface area (Å²) in [7, 11) is 0. The molecule has 0 aliphatic rings. The number of halogens is 2. The molecule has 0 saturated heterocycles. The molecule has 0 aliphatic carbocycles. The lowest BCUT2D eigenvalue weighted by atomic mass is 9.99. The topological polar surface area (TPSA) is 92.2 Å². The summed E-state index contributed by atoms with van der Waals surface area (Å²) in [5.74, 6) is -1.50. The summed E-state index contributed by atoms with van der Waals surface area (Å²) >= 11 is 0. The molecule has 42 heavy (non-hydrogen) atoms. The molecule has 0 saturated carbocycles. The van der Waals surface area contributed by atoms with Crippen LogP contribution >= 0.6 is 0 Å². The number of nitrogens with one attached hydrogen (secondary N) is 2. The molecule has 4 rings (SSSR count). The van der Waals surface area contributed by atoms with E-state index in [1.165, 1.54) is 12.1 Å². The van der Waals surface area contributed by atoms with Gasteiger partial charge in [-0.15, -0.1) is 0 Å². The van der Waals surface area contributed by atoms with Gasteiger partial charge in [0.25, 0.3) is 11.5 Å². The van der Waals surface area contributed by atoms with Gasteiger partial charge in [0.1, 0.15) is 17.3 Å². The van der Waals surface area contributed by atoms with Crippen LogP contribution in [0.15, 0.2) is 53.3 Å². The van der Waals surface area contributed by atoms with Gasteiger partial charge in [0.2, 0.25) is 5.95 Å². The quantitative estimate of drug-likeness (QED) is 0.215. The van der Waals surface area contributed by atoms with Crippen LogP contribution in [-0.4, -0.2) is 58.1 Å². The zero-order chi connectivity index (χ0) is 30.4. The molecule has 2 heterocycles. The van der Waals surface area contributed by atoms with Crippen molar-refractivity contribution in [1.29, 1.82) is 0 Å². The number of amides is 1. The van der Waals surface area contributed by atoms with Crippen molar-refractivity contribution < 1.29 is 13.6 Å². The van der Waals surface area contributed by atoms with Gasteiger partial charge in [0.15, 0.2) is 5.65 Å². The van der Waals surface area contributed by atoms with E-state index in [0.29, 0.717) is 35.3 Å². The number of aromatic nitrogens is 3. The predicted molar refractivity (Wildman–Crippen MR) is 163 cm³/mol. The third-order valence-electron chi connectivity index (χ3n) is 7.17. The standard InChI is InChI=1S/C32H38F2N6O2/c1-6-39(7-2)17-9-16-35-32-37-28(24-18-22(13-12-21(24)5)31(42)36-19-20(3)4)23-14-15-27(41)40(30(23)38-32)29-25(33)10-8-11-26(29)34/h8,10-15,18,20H,6-7,9,16-17,19H2,1-5H3,(H,36,42)(H,35,37,38). The van der Waals surface area contributed by atoms with Gasteiger partial charge in [-0.05, 0) is 74.8 Å². The maximum atomic E-state index is 15.0. The van der Waals surface area contributed by atoms with Crippen LogP contribution in [0.25, 0.3) is 28.0 Å². The Morgan fingerprint density at radius 1 is 1.02 bits per heavy atom. The van der Waals surface area contributed by atoms with Gasteiger partial charge >= 0.3 is 0 Å². The number of aryl methyl sites for hydroxylation is 1. The monoisotopic (exact) mass is 576 g/mol. The lowest BCUT2D eigenvalue weighted by Crippen LogP contribution is -2.27. The van der Waals surface area contributed by atoms with Crippen LogP contribution in [-0.2, 0) is 0 Å². The number of pyridine rings is 1. The van der Waals surface area contributed by atoms with Gasteiger partial charge < -0.3 is 15.5 Å². The summed E-state index contributed by atoms with van der Waals surface area (Å²) in [5, 5.41) is 6.58. The SMILES string of the molecule is CCN(CC)CCCNc1nc(-c2cc(C(=O)NCC(C)C)ccc2C)c2ccc(=O)n(-c3c(F)cccc3F)c2n1. The lowest BCUT2D eigenvalue weighted by molar-refractivity contribution is 0.0949. The van der Waals surface area contributed by atoms with Gasteiger partial charge in [-0.3, -0.25) is 14.2 Å². The molecule has 2 N–H and O–H groups in total.